The summed E-state index contributed by atoms with van der Waals surface area (Å²) in [6, 6.07) is 20.9. The molecule has 2 aromatic heterocycles. The molecule has 3 amide bonds. The number of aromatic nitrogens is 2. The Morgan fingerprint density at radius 1 is 0.950 bits per heavy atom. The van der Waals surface area contributed by atoms with Crippen molar-refractivity contribution in [3.63, 3.8) is 0 Å². The van der Waals surface area contributed by atoms with E-state index in [9.17, 15) is 28.1 Å². The number of nitro groups is 1. The number of morpholine rings is 1. The molecule has 2 aliphatic carbocycles. The average Bonchev–Trinajstić information content (AvgIpc) is 3.80. The van der Waals surface area contributed by atoms with Gasteiger partial charge in [0.1, 0.15) is 22.8 Å². The number of H-pyrrole nitrogens is 1. The molecule has 4 heterocycles. The van der Waals surface area contributed by atoms with Crippen LogP contribution in [0.15, 0.2) is 96.2 Å². The van der Waals surface area contributed by atoms with Crippen molar-refractivity contribution in [1.29, 1.82) is 0 Å². The quantitative estimate of drug-likeness (QED) is 0.0872. The van der Waals surface area contributed by atoms with Crippen molar-refractivity contribution in [1.82, 2.24) is 24.5 Å². The lowest BCUT2D eigenvalue weighted by Crippen LogP contribution is -2.43. The number of benzene rings is 3. The summed E-state index contributed by atoms with van der Waals surface area (Å²) in [5, 5.41) is 15.3. The minimum absolute atomic E-state index is 0.0658. The van der Waals surface area contributed by atoms with E-state index >= 15 is 0 Å². The molecular weight excluding hydrogens is 787 g/mol. The molecule has 0 bridgehead atoms. The number of carbonyl (C=O) groups is 2. The SMILES string of the molecule is O=C(NS(=O)(=O)c1ccc(NC(=O)N2CCOCC2)c([N+](=O)[O-])c1)c1ccc(C2=CCC(N3CCCC3c3ccccc3C3CC3)CC2)cc1Oc1cnc2[nH]ccc2c1. The van der Waals surface area contributed by atoms with E-state index in [0.717, 1.165) is 66.9 Å². The molecule has 2 aliphatic heterocycles. The van der Waals surface area contributed by atoms with Crippen LogP contribution in [0.2, 0.25) is 0 Å². The molecule has 3 N–H and O–H groups in total. The van der Waals surface area contributed by atoms with Crippen molar-refractivity contribution in [3.05, 3.63) is 124 Å². The normalized spacial score (nSPS) is 19.8. The number of sulfonamides is 1. The van der Waals surface area contributed by atoms with Gasteiger partial charge in [0.2, 0.25) is 0 Å². The van der Waals surface area contributed by atoms with Crippen LogP contribution in [0.4, 0.5) is 16.2 Å². The molecule has 2 atom stereocenters. The summed E-state index contributed by atoms with van der Waals surface area (Å²) in [4.78, 5) is 49.0. The lowest BCUT2D eigenvalue weighted by molar-refractivity contribution is -0.384. The second-order valence-corrected chi connectivity index (χ2v) is 17.4. The number of fused-ring (bicyclic) bond motifs is 1. The third kappa shape index (κ3) is 8.22. The fraction of sp³-hybridized carbons (Fsp3) is 0.341. The lowest BCUT2D eigenvalue weighted by Gasteiger charge is -2.36. The van der Waals surface area contributed by atoms with Gasteiger partial charge < -0.3 is 24.7 Å². The maximum atomic E-state index is 13.9. The van der Waals surface area contributed by atoms with Crippen molar-refractivity contribution < 1.29 is 32.4 Å². The largest absolute Gasteiger partial charge is 0.455 e. The molecule has 1 saturated carbocycles. The van der Waals surface area contributed by atoms with Gasteiger partial charge in [-0.05, 0) is 116 Å². The molecule has 9 rings (SSSR count). The number of amides is 3. The highest BCUT2D eigenvalue weighted by Gasteiger charge is 2.36. The van der Waals surface area contributed by atoms with Gasteiger partial charge >= 0.3 is 6.03 Å². The van der Waals surface area contributed by atoms with E-state index in [0.29, 0.717) is 55.7 Å². The Hall–Kier alpha value is -6.10. The number of rotatable bonds is 11. The van der Waals surface area contributed by atoms with Crippen LogP contribution in [-0.2, 0) is 14.8 Å². The number of carbonyl (C=O) groups excluding carboxylic acids is 2. The fourth-order valence-electron chi connectivity index (χ4n) is 8.75. The molecule has 2 saturated heterocycles. The van der Waals surface area contributed by atoms with E-state index < -0.39 is 37.5 Å². The highest BCUT2D eigenvalue weighted by molar-refractivity contribution is 7.90. The molecule has 0 spiro atoms. The van der Waals surface area contributed by atoms with E-state index in [1.807, 2.05) is 6.07 Å². The summed E-state index contributed by atoms with van der Waals surface area (Å²) in [5.74, 6) is 0.149. The van der Waals surface area contributed by atoms with Gasteiger partial charge in [-0.1, -0.05) is 36.4 Å². The minimum atomic E-state index is -4.65. The molecule has 310 valence electrons. The molecule has 60 heavy (non-hydrogen) atoms. The van der Waals surface area contributed by atoms with E-state index in [-0.39, 0.29) is 17.0 Å². The number of hydrogen-bond donors (Lipinski definition) is 3. The summed E-state index contributed by atoms with van der Waals surface area (Å²) in [7, 11) is -4.65. The second-order valence-electron chi connectivity index (χ2n) is 15.8. The first-order chi connectivity index (χ1) is 29.1. The predicted octanol–water partition coefficient (Wildman–Crippen LogP) is 7.90. The number of nitrogens with one attached hydrogen (secondary N) is 3. The summed E-state index contributed by atoms with van der Waals surface area (Å²) in [5.41, 5.74) is 4.70. The average molecular weight is 832 g/mol. The van der Waals surface area contributed by atoms with Gasteiger partial charge in [0.25, 0.3) is 21.6 Å². The highest BCUT2D eigenvalue weighted by atomic mass is 32.2. The van der Waals surface area contributed by atoms with Gasteiger partial charge in [-0.25, -0.2) is 22.9 Å². The summed E-state index contributed by atoms with van der Waals surface area (Å²) < 4.78 is 40.9. The summed E-state index contributed by atoms with van der Waals surface area (Å²) in [6.07, 6.45) is 13.1. The number of nitrogens with zero attached hydrogens (tertiary/aromatic N) is 4. The van der Waals surface area contributed by atoms with Gasteiger partial charge in [0, 0.05) is 42.8 Å². The third-order valence-electron chi connectivity index (χ3n) is 12.0. The van der Waals surface area contributed by atoms with Crippen LogP contribution in [0.5, 0.6) is 11.5 Å². The van der Waals surface area contributed by atoms with E-state index in [1.54, 1.807) is 24.4 Å². The zero-order chi connectivity index (χ0) is 41.4. The first kappa shape index (κ1) is 39.4. The van der Waals surface area contributed by atoms with Gasteiger partial charge in [-0.3, -0.25) is 19.8 Å². The molecular formula is C44H45N7O8S. The van der Waals surface area contributed by atoms with Crippen molar-refractivity contribution in [2.75, 3.05) is 38.2 Å². The predicted molar refractivity (Wildman–Crippen MR) is 224 cm³/mol. The standard InChI is InChI=1S/C44H45N7O8S/c52-43(48-60(56,57)34-14-16-38(40(26-34)51(54)55)47-44(53)49-20-22-58-23-21-49)37-15-11-30(25-41(37)59-33-24-31-17-18-45-42(31)46-27-33)28-9-12-32(13-10-28)50-19-3-6-39(50)36-5-2-1-4-35(36)29-7-8-29/h1-2,4-5,9,11,14-18,24-27,29,32,39H,3,6-8,10,12-13,19-23H2,(H,45,46)(H,47,53)(H,48,52). The second kappa shape index (κ2) is 16.5. The van der Waals surface area contributed by atoms with Crippen LogP contribution in [0, 0.1) is 10.1 Å². The lowest BCUT2D eigenvalue weighted by atomic mass is 9.88. The third-order valence-corrected chi connectivity index (χ3v) is 13.3. The highest BCUT2D eigenvalue weighted by Crippen LogP contribution is 2.47. The Bertz CT molecular complexity index is 2620. The smallest absolute Gasteiger partial charge is 0.322 e. The van der Waals surface area contributed by atoms with E-state index in [2.05, 4.69) is 55.2 Å². The Labute approximate surface area is 347 Å². The van der Waals surface area contributed by atoms with Crippen LogP contribution >= 0.6 is 0 Å². The molecule has 5 aromatic rings. The number of urea groups is 1. The van der Waals surface area contributed by atoms with Gasteiger partial charge in [0.15, 0.2) is 0 Å². The Morgan fingerprint density at radius 2 is 1.77 bits per heavy atom. The van der Waals surface area contributed by atoms with Gasteiger partial charge in [0.05, 0.1) is 34.8 Å². The number of likely N-dealkylation sites (tertiary alicyclic amines) is 1. The Kier molecular flexibility index (Phi) is 10.8. The van der Waals surface area contributed by atoms with Crippen molar-refractivity contribution in [2.45, 2.75) is 67.8 Å². The molecule has 15 nitrogen and oxygen atoms in total. The maximum Gasteiger partial charge on any atom is 0.322 e. The first-order valence-electron chi connectivity index (χ1n) is 20.4. The van der Waals surface area contributed by atoms with Crippen LogP contribution in [0.25, 0.3) is 16.6 Å². The van der Waals surface area contributed by atoms with Crippen LogP contribution in [0.1, 0.15) is 84.0 Å². The van der Waals surface area contributed by atoms with Crippen molar-refractivity contribution >= 4 is 49.9 Å². The Balaban J connectivity index is 0.960. The maximum absolute atomic E-state index is 13.9. The van der Waals surface area contributed by atoms with Gasteiger partial charge in [-0.2, -0.15) is 0 Å². The number of pyridine rings is 1. The summed E-state index contributed by atoms with van der Waals surface area (Å²) >= 11 is 0. The molecule has 4 aliphatic rings. The Morgan fingerprint density at radius 3 is 2.53 bits per heavy atom. The van der Waals surface area contributed by atoms with Crippen molar-refractivity contribution in [3.8, 4) is 11.5 Å². The number of ether oxygens (including phenoxy) is 2. The van der Waals surface area contributed by atoms with Crippen LogP contribution in [0.3, 0.4) is 0 Å². The number of nitro benzene ring substituents is 1. The fourth-order valence-corrected chi connectivity index (χ4v) is 9.74. The molecule has 3 aromatic carbocycles. The molecule has 16 heteroatoms. The molecule has 3 fully saturated rings. The number of aromatic amines is 1. The van der Waals surface area contributed by atoms with Crippen LogP contribution in [-0.4, -0.2) is 83.9 Å². The number of hydrogen-bond acceptors (Lipinski definition) is 10. The molecule has 2 unspecified atom stereocenters. The zero-order valence-electron chi connectivity index (χ0n) is 32.8. The molecule has 0 radical (unpaired) electrons. The first-order valence-corrected chi connectivity index (χ1v) is 21.9. The summed E-state index contributed by atoms with van der Waals surface area (Å²) in [6.45, 7) is 2.33. The monoisotopic (exact) mass is 831 g/mol. The van der Waals surface area contributed by atoms with E-state index in [4.69, 9.17) is 9.47 Å². The zero-order valence-corrected chi connectivity index (χ0v) is 33.7. The van der Waals surface area contributed by atoms with Crippen LogP contribution < -0.4 is 14.8 Å². The topological polar surface area (TPSA) is 189 Å². The van der Waals surface area contributed by atoms with E-state index in [1.165, 1.54) is 47.6 Å². The number of anilines is 1. The minimum Gasteiger partial charge on any atom is -0.455 e. The van der Waals surface area contributed by atoms with Gasteiger partial charge in [-0.15, -0.1) is 0 Å². The van der Waals surface area contributed by atoms with Crippen molar-refractivity contribution in [2.24, 2.45) is 0 Å². The number of allylic oxidation sites excluding steroid dienone is 1.